The number of fused-ring (bicyclic) bond motifs is 5. The lowest BCUT2D eigenvalue weighted by molar-refractivity contribution is 0.922. The Kier molecular flexibility index (Phi) is 2.57. The molecule has 110 valence electrons. The maximum absolute atomic E-state index is 5.00. The first-order chi connectivity index (χ1) is 11.3. The molecule has 1 aliphatic rings. The van der Waals surface area contributed by atoms with Gasteiger partial charge in [-0.25, -0.2) is 9.97 Å². The van der Waals surface area contributed by atoms with Crippen molar-refractivity contribution in [2.24, 2.45) is 0 Å². The molecule has 0 N–H and O–H groups in total. The van der Waals surface area contributed by atoms with Gasteiger partial charge in [-0.2, -0.15) is 0 Å². The molecule has 2 aromatic heterocycles. The molecule has 0 unspecified atom stereocenters. The summed E-state index contributed by atoms with van der Waals surface area (Å²) >= 11 is 0. The van der Waals surface area contributed by atoms with E-state index in [-0.39, 0.29) is 0 Å². The van der Waals surface area contributed by atoms with Gasteiger partial charge in [-0.15, -0.1) is 0 Å². The zero-order chi connectivity index (χ0) is 15.4. The number of hydrogen-bond acceptors (Lipinski definition) is 2. The standard InChI is InChI=1S/C21H16N2/c1-13-5-4-7-15-12-17-10-9-16-11-14-6-2-3-8-18(14)22-20(16)21(17)23-19(13)15/h2-8,11-12H,9-10H2,1H3. The van der Waals surface area contributed by atoms with Gasteiger partial charge in [0.15, 0.2) is 0 Å². The van der Waals surface area contributed by atoms with E-state index in [1.807, 2.05) is 6.07 Å². The lowest BCUT2D eigenvalue weighted by Gasteiger charge is -2.20. The lowest BCUT2D eigenvalue weighted by Crippen LogP contribution is -2.08. The fraction of sp³-hybridized carbons (Fsp3) is 0.143. The highest BCUT2D eigenvalue weighted by molar-refractivity contribution is 5.88. The minimum atomic E-state index is 1.04. The average Bonchev–Trinajstić information content (AvgIpc) is 2.59. The summed E-state index contributed by atoms with van der Waals surface area (Å²) in [5, 5.41) is 2.44. The van der Waals surface area contributed by atoms with Gasteiger partial charge < -0.3 is 0 Å². The van der Waals surface area contributed by atoms with Crippen LogP contribution in [0.5, 0.6) is 0 Å². The Morgan fingerprint density at radius 1 is 0.739 bits per heavy atom. The molecule has 5 rings (SSSR count). The highest BCUT2D eigenvalue weighted by Crippen LogP contribution is 2.34. The molecule has 1 aliphatic carbocycles. The smallest absolute Gasteiger partial charge is 0.0929 e. The topological polar surface area (TPSA) is 25.8 Å². The third-order valence-electron chi connectivity index (χ3n) is 4.82. The van der Waals surface area contributed by atoms with E-state index in [4.69, 9.17) is 9.97 Å². The van der Waals surface area contributed by atoms with Crippen LogP contribution in [0.3, 0.4) is 0 Å². The summed E-state index contributed by atoms with van der Waals surface area (Å²) < 4.78 is 0. The molecule has 0 radical (unpaired) electrons. The molecule has 0 saturated carbocycles. The van der Waals surface area contributed by atoms with Crippen LogP contribution in [-0.2, 0) is 12.8 Å². The molecule has 2 heteroatoms. The highest BCUT2D eigenvalue weighted by Gasteiger charge is 2.20. The number of aryl methyl sites for hydroxylation is 3. The maximum Gasteiger partial charge on any atom is 0.0929 e. The molecular weight excluding hydrogens is 280 g/mol. The molecule has 0 atom stereocenters. The monoisotopic (exact) mass is 296 g/mol. The van der Waals surface area contributed by atoms with Crippen molar-refractivity contribution in [2.75, 3.05) is 0 Å². The van der Waals surface area contributed by atoms with E-state index >= 15 is 0 Å². The van der Waals surface area contributed by atoms with Crippen LogP contribution in [0.4, 0.5) is 0 Å². The van der Waals surface area contributed by atoms with Crippen LogP contribution >= 0.6 is 0 Å². The van der Waals surface area contributed by atoms with Crippen LogP contribution < -0.4 is 0 Å². The lowest BCUT2D eigenvalue weighted by atomic mass is 9.90. The third kappa shape index (κ3) is 1.88. The van der Waals surface area contributed by atoms with Crippen LogP contribution in [0, 0.1) is 6.92 Å². The molecule has 23 heavy (non-hydrogen) atoms. The molecule has 0 spiro atoms. The Labute approximate surface area is 134 Å². The van der Waals surface area contributed by atoms with E-state index in [0.717, 1.165) is 35.3 Å². The van der Waals surface area contributed by atoms with E-state index in [9.17, 15) is 0 Å². The summed E-state index contributed by atoms with van der Waals surface area (Å²) in [7, 11) is 0. The van der Waals surface area contributed by atoms with E-state index in [1.54, 1.807) is 0 Å². The van der Waals surface area contributed by atoms with Crippen molar-refractivity contribution in [3.63, 3.8) is 0 Å². The first kappa shape index (κ1) is 12.8. The quantitative estimate of drug-likeness (QED) is 0.463. The molecule has 0 amide bonds. The van der Waals surface area contributed by atoms with Gasteiger partial charge in [0.2, 0.25) is 0 Å². The van der Waals surface area contributed by atoms with Gasteiger partial charge in [-0.3, -0.25) is 0 Å². The van der Waals surface area contributed by atoms with Gasteiger partial charge in [0.05, 0.1) is 22.4 Å². The molecule has 0 aliphatic heterocycles. The first-order valence-electron chi connectivity index (χ1n) is 8.08. The van der Waals surface area contributed by atoms with Gasteiger partial charge in [0, 0.05) is 10.8 Å². The van der Waals surface area contributed by atoms with Gasteiger partial charge in [0.1, 0.15) is 0 Å². The Hall–Kier alpha value is -2.74. The molecule has 2 nitrogen and oxygen atoms in total. The van der Waals surface area contributed by atoms with Gasteiger partial charge in [0.25, 0.3) is 0 Å². The summed E-state index contributed by atoms with van der Waals surface area (Å²) in [6.07, 6.45) is 2.08. The van der Waals surface area contributed by atoms with Crippen molar-refractivity contribution in [3.8, 4) is 11.4 Å². The minimum Gasteiger partial charge on any atom is -0.246 e. The Balaban J connectivity index is 1.85. The second-order valence-corrected chi connectivity index (χ2v) is 6.33. The van der Waals surface area contributed by atoms with Crippen LogP contribution in [0.1, 0.15) is 16.7 Å². The summed E-state index contributed by atoms with van der Waals surface area (Å²) in [6, 6.07) is 19.3. The van der Waals surface area contributed by atoms with Gasteiger partial charge in [-0.1, -0.05) is 36.4 Å². The van der Waals surface area contributed by atoms with Gasteiger partial charge >= 0.3 is 0 Å². The number of benzene rings is 2. The Morgan fingerprint density at radius 3 is 2.30 bits per heavy atom. The molecule has 0 saturated heterocycles. The predicted molar refractivity (Wildman–Crippen MR) is 94.6 cm³/mol. The average molecular weight is 296 g/mol. The van der Waals surface area contributed by atoms with E-state index in [1.165, 1.54) is 27.5 Å². The summed E-state index contributed by atoms with van der Waals surface area (Å²) in [5.41, 5.74) is 8.13. The predicted octanol–water partition coefficient (Wildman–Crippen LogP) is 4.86. The van der Waals surface area contributed by atoms with Crippen LogP contribution in [-0.4, -0.2) is 9.97 Å². The first-order valence-corrected chi connectivity index (χ1v) is 8.08. The molecule has 2 aromatic carbocycles. The zero-order valence-electron chi connectivity index (χ0n) is 13.0. The maximum atomic E-state index is 5.00. The van der Waals surface area contributed by atoms with Crippen molar-refractivity contribution < 1.29 is 0 Å². The van der Waals surface area contributed by atoms with Crippen molar-refractivity contribution in [3.05, 3.63) is 71.3 Å². The largest absolute Gasteiger partial charge is 0.246 e. The second-order valence-electron chi connectivity index (χ2n) is 6.33. The SMILES string of the molecule is Cc1cccc2cc3c(nc12)-c1nc2ccccc2cc1CC3. The molecule has 4 aromatic rings. The summed E-state index contributed by atoms with van der Waals surface area (Å²) in [5.74, 6) is 0. The fourth-order valence-electron chi connectivity index (χ4n) is 3.61. The Bertz CT molecular complexity index is 1080. The molecule has 0 bridgehead atoms. The van der Waals surface area contributed by atoms with Crippen LogP contribution in [0.25, 0.3) is 33.2 Å². The van der Waals surface area contributed by atoms with E-state index in [0.29, 0.717) is 0 Å². The van der Waals surface area contributed by atoms with Crippen molar-refractivity contribution in [1.29, 1.82) is 0 Å². The number of pyridine rings is 2. The second kappa shape index (κ2) is 4.63. The summed E-state index contributed by atoms with van der Waals surface area (Å²) in [4.78, 5) is 9.93. The number of nitrogens with zero attached hydrogens (tertiary/aromatic N) is 2. The van der Waals surface area contributed by atoms with Crippen molar-refractivity contribution >= 4 is 21.8 Å². The fourth-order valence-corrected chi connectivity index (χ4v) is 3.61. The minimum absolute atomic E-state index is 1.04. The van der Waals surface area contributed by atoms with E-state index in [2.05, 4.69) is 55.5 Å². The van der Waals surface area contributed by atoms with Crippen molar-refractivity contribution in [2.45, 2.75) is 19.8 Å². The van der Waals surface area contributed by atoms with Crippen LogP contribution in [0.2, 0.25) is 0 Å². The number of rotatable bonds is 0. The zero-order valence-corrected chi connectivity index (χ0v) is 13.0. The molecule has 0 fully saturated rings. The Morgan fingerprint density at radius 2 is 1.43 bits per heavy atom. The normalized spacial score (nSPS) is 13.1. The highest BCUT2D eigenvalue weighted by atomic mass is 14.8. The van der Waals surface area contributed by atoms with Gasteiger partial charge in [-0.05, 0) is 54.7 Å². The molecular formula is C21H16N2. The van der Waals surface area contributed by atoms with E-state index < -0.39 is 0 Å². The number of aromatic nitrogens is 2. The van der Waals surface area contributed by atoms with Crippen molar-refractivity contribution in [1.82, 2.24) is 9.97 Å². The summed E-state index contributed by atoms with van der Waals surface area (Å²) in [6.45, 7) is 2.12. The third-order valence-corrected chi connectivity index (χ3v) is 4.82. The number of para-hydroxylation sites is 2. The number of hydrogen-bond donors (Lipinski definition) is 0. The molecule has 2 heterocycles. The van der Waals surface area contributed by atoms with Crippen LogP contribution in [0.15, 0.2) is 54.6 Å².